The Labute approximate surface area is 121 Å². The Bertz CT molecular complexity index is 572. The van der Waals surface area contributed by atoms with Gasteiger partial charge in [-0.2, -0.15) is 0 Å². The van der Waals surface area contributed by atoms with Crippen LogP contribution in [0.4, 0.5) is 5.69 Å². The molecule has 1 amide bonds. The van der Waals surface area contributed by atoms with Gasteiger partial charge < -0.3 is 9.64 Å². The van der Waals surface area contributed by atoms with Gasteiger partial charge in [-0.3, -0.25) is 19.7 Å². The molecule has 1 fully saturated rings. The van der Waals surface area contributed by atoms with E-state index in [-0.39, 0.29) is 29.9 Å². The third-order valence-electron chi connectivity index (χ3n) is 3.55. The van der Waals surface area contributed by atoms with E-state index in [4.69, 9.17) is 0 Å². The van der Waals surface area contributed by atoms with Crippen molar-refractivity contribution in [3.63, 3.8) is 0 Å². The summed E-state index contributed by atoms with van der Waals surface area (Å²) in [6.07, 6.45) is 0.683. The van der Waals surface area contributed by atoms with Crippen molar-refractivity contribution >= 4 is 17.6 Å². The maximum absolute atomic E-state index is 12.2. The van der Waals surface area contributed by atoms with E-state index in [9.17, 15) is 19.7 Å². The van der Waals surface area contributed by atoms with E-state index in [0.717, 1.165) is 0 Å². The SMILES string of the molecule is COC(=O)C1CCN(C(=O)Cc2cccc([N+](=O)[O-])c2)C1. The maximum atomic E-state index is 12.2. The van der Waals surface area contributed by atoms with Crippen molar-refractivity contribution in [3.05, 3.63) is 39.9 Å². The highest BCUT2D eigenvalue weighted by molar-refractivity contribution is 5.81. The largest absolute Gasteiger partial charge is 0.469 e. The third kappa shape index (κ3) is 3.56. The number of methoxy groups -OCH3 is 1. The van der Waals surface area contributed by atoms with Gasteiger partial charge in [0.15, 0.2) is 0 Å². The molecule has 1 atom stereocenters. The molecule has 0 aromatic heterocycles. The highest BCUT2D eigenvalue weighted by atomic mass is 16.6. The number of nitrogens with zero attached hydrogens (tertiary/aromatic N) is 2. The van der Waals surface area contributed by atoms with E-state index in [2.05, 4.69) is 4.74 Å². The Morgan fingerprint density at radius 3 is 2.90 bits per heavy atom. The summed E-state index contributed by atoms with van der Waals surface area (Å²) >= 11 is 0. The number of nitro benzene ring substituents is 1. The number of nitro groups is 1. The van der Waals surface area contributed by atoms with E-state index in [1.807, 2.05) is 0 Å². The molecule has 1 unspecified atom stereocenters. The number of benzene rings is 1. The smallest absolute Gasteiger partial charge is 0.310 e. The Hall–Kier alpha value is -2.44. The van der Waals surface area contributed by atoms with Gasteiger partial charge in [-0.25, -0.2) is 0 Å². The Kier molecular flexibility index (Phi) is 4.52. The van der Waals surface area contributed by atoms with Crippen molar-refractivity contribution in [2.45, 2.75) is 12.8 Å². The van der Waals surface area contributed by atoms with Gasteiger partial charge in [0.1, 0.15) is 0 Å². The first-order valence-corrected chi connectivity index (χ1v) is 6.60. The summed E-state index contributed by atoms with van der Waals surface area (Å²) in [7, 11) is 1.33. The maximum Gasteiger partial charge on any atom is 0.310 e. The Balaban J connectivity index is 1.98. The quantitative estimate of drug-likeness (QED) is 0.472. The molecule has 2 rings (SSSR count). The second kappa shape index (κ2) is 6.34. The number of hydrogen-bond acceptors (Lipinski definition) is 5. The van der Waals surface area contributed by atoms with E-state index < -0.39 is 4.92 Å². The standard InChI is InChI=1S/C14H16N2O5/c1-21-14(18)11-5-6-15(9-11)13(17)8-10-3-2-4-12(7-10)16(19)20/h2-4,7,11H,5-6,8-9H2,1H3. The van der Waals surface area contributed by atoms with Crippen LogP contribution in [0, 0.1) is 16.0 Å². The molecule has 1 heterocycles. The predicted octanol–water partition coefficient (Wildman–Crippen LogP) is 1.16. The van der Waals surface area contributed by atoms with Crippen LogP contribution in [0.1, 0.15) is 12.0 Å². The lowest BCUT2D eigenvalue weighted by atomic mass is 10.1. The summed E-state index contributed by atoms with van der Waals surface area (Å²) < 4.78 is 4.67. The summed E-state index contributed by atoms with van der Waals surface area (Å²) in [5.41, 5.74) is 0.560. The van der Waals surface area contributed by atoms with Crippen LogP contribution in [-0.4, -0.2) is 41.9 Å². The summed E-state index contributed by atoms with van der Waals surface area (Å²) in [6.45, 7) is 0.855. The van der Waals surface area contributed by atoms with Gasteiger partial charge in [0, 0.05) is 25.2 Å². The van der Waals surface area contributed by atoms with Crippen LogP contribution < -0.4 is 0 Å². The highest BCUT2D eigenvalue weighted by Crippen LogP contribution is 2.19. The predicted molar refractivity (Wildman–Crippen MR) is 73.5 cm³/mol. The van der Waals surface area contributed by atoms with Crippen LogP contribution in [0.3, 0.4) is 0 Å². The van der Waals surface area contributed by atoms with E-state index in [0.29, 0.717) is 25.1 Å². The number of hydrogen-bond donors (Lipinski definition) is 0. The minimum absolute atomic E-state index is 0.0332. The van der Waals surface area contributed by atoms with E-state index >= 15 is 0 Å². The van der Waals surface area contributed by atoms with Crippen LogP contribution in [0.25, 0.3) is 0 Å². The van der Waals surface area contributed by atoms with Gasteiger partial charge in [-0.15, -0.1) is 0 Å². The molecule has 1 aromatic rings. The molecule has 0 N–H and O–H groups in total. The van der Waals surface area contributed by atoms with Crippen molar-refractivity contribution in [2.24, 2.45) is 5.92 Å². The van der Waals surface area contributed by atoms with Gasteiger partial charge in [0.2, 0.25) is 5.91 Å². The Morgan fingerprint density at radius 1 is 1.48 bits per heavy atom. The molecular weight excluding hydrogens is 276 g/mol. The molecule has 21 heavy (non-hydrogen) atoms. The van der Waals surface area contributed by atoms with Crippen LogP contribution >= 0.6 is 0 Å². The fraction of sp³-hybridized carbons (Fsp3) is 0.429. The van der Waals surface area contributed by atoms with Crippen molar-refractivity contribution in [1.29, 1.82) is 0 Å². The molecule has 7 nitrogen and oxygen atoms in total. The molecule has 0 aliphatic carbocycles. The van der Waals surface area contributed by atoms with Crippen molar-refractivity contribution in [1.82, 2.24) is 4.90 Å². The summed E-state index contributed by atoms with van der Waals surface area (Å²) in [5, 5.41) is 10.7. The number of ether oxygens (including phenoxy) is 1. The van der Waals surface area contributed by atoms with E-state index in [1.54, 1.807) is 17.0 Å². The molecule has 1 saturated heterocycles. The van der Waals surface area contributed by atoms with Crippen LogP contribution in [0.2, 0.25) is 0 Å². The number of carbonyl (C=O) groups excluding carboxylic acids is 2. The lowest BCUT2D eigenvalue weighted by molar-refractivity contribution is -0.384. The molecule has 0 saturated carbocycles. The van der Waals surface area contributed by atoms with Gasteiger partial charge >= 0.3 is 5.97 Å². The number of amides is 1. The Morgan fingerprint density at radius 2 is 2.24 bits per heavy atom. The monoisotopic (exact) mass is 292 g/mol. The first-order chi connectivity index (χ1) is 10.0. The number of likely N-dealkylation sites (tertiary alicyclic amines) is 1. The second-order valence-electron chi connectivity index (χ2n) is 4.95. The molecule has 0 bridgehead atoms. The molecule has 0 radical (unpaired) electrons. The molecule has 1 aromatic carbocycles. The minimum Gasteiger partial charge on any atom is -0.469 e. The molecule has 112 valence electrons. The molecule has 1 aliphatic rings. The van der Waals surface area contributed by atoms with Crippen LogP contribution in [0.5, 0.6) is 0 Å². The zero-order chi connectivity index (χ0) is 15.4. The third-order valence-corrected chi connectivity index (χ3v) is 3.55. The van der Waals surface area contributed by atoms with Crippen molar-refractivity contribution in [2.75, 3.05) is 20.2 Å². The zero-order valence-corrected chi connectivity index (χ0v) is 11.7. The van der Waals surface area contributed by atoms with Gasteiger partial charge in [-0.05, 0) is 12.0 Å². The fourth-order valence-electron chi connectivity index (χ4n) is 2.41. The molecular formula is C14H16N2O5. The van der Waals surface area contributed by atoms with Crippen LogP contribution in [0.15, 0.2) is 24.3 Å². The van der Waals surface area contributed by atoms with Gasteiger partial charge in [0.25, 0.3) is 5.69 Å². The lowest BCUT2D eigenvalue weighted by Crippen LogP contribution is -2.31. The molecule has 7 heteroatoms. The normalized spacial score (nSPS) is 17.6. The van der Waals surface area contributed by atoms with Gasteiger partial charge in [0.05, 0.1) is 24.4 Å². The number of non-ortho nitro benzene ring substituents is 1. The topological polar surface area (TPSA) is 89.8 Å². The lowest BCUT2D eigenvalue weighted by Gasteiger charge is -2.16. The average molecular weight is 292 g/mol. The first kappa shape index (κ1) is 15.0. The highest BCUT2D eigenvalue weighted by Gasteiger charge is 2.31. The van der Waals surface area contributed by atoms with Gasteiger partial charge in [-0.1, -0.05) is 12.1 Å². The minimum atomic E-state index is -0.489. The molecule has 1 aliphatic heterocycles. The van der Waals surface area contributed by atoms with Crippen molar-refractivity contribution in [3.8, 4) is 0 Å². The second-order valence-corrected chi connectivity index (χ2v) is 4.95. The number of esters is 1. The van der Waals surface area contributed by atoms with Crippen LogP contribution in [-0.2, 0) is 20.7 Å². The van der Waals surface area contributed by atoms with Crippen molar-refractivity contribution < 1.29 is 19.2 Å². The molecule has 0 spiro atoms. The number of rotatable bonds is 4. The summed E-state index contributed by atoms with van der Waals surface area (Å²) in [4.78, 5) is 35.4. The summed E-state index contributed by atoms with van der Waals surface area (Å²) in [5.74, 6) is -0.716. The fourth-order valence-corrected chi connectivity index (χ4v) is 2.41. The summed E-state index contributed by atoms with van der Waals surface area (Å²) in [6, 6.07) is 6.02. The number of carbonyl (C=O) groups is 2. The average Bonchev–Trinajstić information content (AvgIpc) is 2.96. The zero-order valence-electron chi connectivity index (χ0n) is 11.7. The first-order valence-electron chi connectivity index (χ1n) is 6.60. The van der Waals surface area contributed by atoms with E-state index in [1.165, 1.54) is 19.2 Å².